The highest BCUT2D eigenvalue weighted by Crippen LogP contribution is 2.24. The Morgan fingerprint density at radius 2 is 2.29 bits per heavy atom. The van der Waals surface area contributed by atoms with Crippen molar-refractivity contribution in [2.24, 2.45) is 0 Å². The number of hydrogen-bond acceptors (Lipinski definition) is 0. The van der Waals surface area contributed by atoms with Gasteiger partial charge in [0.25, 0.3) is 0 Å². The van der Waals surface area contributed by atoms with Gasteiger partial charge in [-0.2, -0.15) is 0 Å². The summed E-state index contributed by atoms with van der Waals surface area (Å²) < 4.78 is 0. The maximum atomic E-state index is 3.52. The SMILES string of the molecule is Cc1ccc2[nH]c3c(c2c1)C[NH2+]CC3. The van der Waals surface area contributed by atoms with Gasteiger partial charge >= 0.3 is 0 Å². The largest absolute Gasteiger partial charge is 0.358 e. The Morgan fingerprint density at radius 3 is 3.21 bits per heavy atom. The lowest BCUT2D eigenvalue weighted by atomic mass is 10.0. The number of aryl methyl sites for hydroxylation is 1. The van der Waals surface area contributed by atoms with Crippen molar-refractivity contribution < 1.29 is 5.32 Å². The first-order valence-electron chi connectivity index (χ1n) is 5.26. The minimum atomic E-state index is 1.14. The van der Waals surface area contributed by atoms with E-state index in [1.54, 1.807) is 0 Å². The average molecular weight is 187 g/mol. The molecule has 3 N–H and O–H groups in total. The summed E-state index contributed by atoms with van der Waals surface area (Å²) >= 11 is 0. The van der Waals surface area contributed by atoms with Gasteiger partial charge in [-0.15, -0.1) is 0 Å². The third-order valence-corrected chi connectivity index (χ3v) is 3.10. The van der Waals surface area contributed by atoms with E-state index in [0.29, 0.717) is 0 Å². The summed E-state index contributed by atoms with van der Waals surface area (Å²) in [6.45, 7) is 4.52. The zero-order chi connectivity index (χ0) is 9.54. The van der Waals surface area contributed by atoms with Crippen LogP contribution in [0.25, 0.3) is 10.9 Å². The van der Waals surface area contributed by atoms with Crippen molar-refractivity contribution in [2.75, 3.05) is 6.54 Å². The van der Waals surface area contributed by atoms with E-state index < -0.39 is 0 Å². The molecule has 0 atom stereocenters. The van der Waals surface area contributed by atoms with E-state index in [2.05, 4.69) is 35.4 Å². The monoisotopic (exact) mass is 187 g/mol. The molecule has 0 fully saturated rings. The second kappa shape index (κ2) is 2.85. The first-order chi connectivity index (χ1) is 6.84. The van der Waals surface area contributed by atoms with Gasteiger partial charge in [0.15, 0.2) is 0 Å². The Hall–Kier alpha value is -1.28. The molecule has 2 aromatic rings. The lowest BCUT2D eigenvalue weighted by Gasteiger charge is -2.09. The fourth-order valence-corrected chi connectivity index (χ4v) is 2.36. The van der Waals surface area contributed by atoms with Crippen LogP contribution in [0.2, 0.25) is 0 Å². The molecule has 1 aromatic carbocycles. The highest BCUT2D eigenvalue weighted by molar-refractivity contribution is 5.85. The molecule has 3 rings (SSSR count). The van der Waals surface area contributed by atoms with Crippen LogP contribution in [0.15, 0.2) is 18.2 Å². The Morgan fingerprint density at radius 1 is 1.36 bits per heavy atom. The van der Waals surface area contributed by atoms with Gasteiger partial charge in [-0.3, -0.25) is 0 Å². The number of H-pyrrole nitrogens is 1. The number of aromatic nitrogens is 1. The molecule has 0 amide bonds. The van der Waals surface area contributed by atoms with E-state index in [1.807, 2.05) is 0 Å². The molecule has 0 unspecified atom stereocenters. The normalized spacial score (nSPS) is 15.8. The van der Waals surface area contributed by atoms with Gasteiger partial charge in [-0.1, -0.05) is 11.6 Å². The smallest absolute Gasteiger partial charge is 0.104 e. The molecule has 0 saturated heterocycles. The van der Waals surface area contributed by atoms with E-state index in [1.165, 1.54) is 40.7 Å². The second-order valence-electron chi connectivity index (χ2n) is 4.16. The summed E-state index contributed by atoms with van der Waals surface area (Å²) in [6.07, 6.45) is 1.18. The van der Waals surface area contributed by atoms with Gasteiger partial charge in [0.2, 0.25) is 0 Å². The van der Waals surface area contributed by atoms with E-state index in [4.69, 9.17) is 0 Å². The zero-order valence-corrected chi connectivity index (χ0v) is 8.43. The minimum absolute atomic E-state index is 1.14. The quantitative estimate of drug-likeness (QED) is 0.619. The van der Waals surface area contributed by atoms with E-state index in [0.717, 1.165) is 6.54 Å². The minimum Gasteiger partial charge on any atom is -0.358 e. The molecule has 0 spiro atoms. The lowest BCUT2D eigenvalue weighted by molar-refractivity contribution is -0.673. The number of nitrogens with one attached hydrogen (secondary N) is 1. The summed E-state index contributed by atoms with van der Waals surface area (Å²) in [4.78, 5) is 3.52. The molecule has 1 aromatic heterocycles. The molecular weight excluding hydrogens is 172 g/mol. The maximum Gasteiger partial charge on any atom is 0.104 e. The molecule has 1 aliphatic rings. The van der Waals surface area contributed by atoms with Crippen molar-refractivity contribution >= 4 is 10.9 Å². The molecular formula is C12H15N2+. The van der Waals surface area contributed by atoms with Crippen LogP contribution >= 0.6 is 0 Å². The van der Waals surface area contributed by atoms with Crippen LogP contribution in [0.5, 0.6) is 0 Å². The Labute approximate surface area is 83.3 Å². The van der Waals surface area contributed by atoms with Crippen molar-refractivity contribution in [3.05, 3.63) is 35.0 Å². The van der Waals surface area contributed by atoms with Gasteiger partial charge in [0.05, 0.1) is 6.54 Å². The van der Waals surface area contributed by atoms with Crippen LogP contribution in [0.1, 0.15) is 16.8 Å². The van der Waals surface area contributed by atoms with Crippen molar-refractivity contribution in [3.8, 4) is 0 Å². The Kier molecular flexibility index (Phi) is 1.64. The molecule has 2 heteroatoms. The summed E-state index contributed by atoms with van der Waals surface area (Å²) in [6, 6.07) is 6.67. The molecule has 14 heavy (non-hydrogen) atoms. The number of rotatable bonds is 0. The summed E-state index contributed by atoms with van der Waals surface area (Å²) in [7, 11) is 0. The van der Waals surface area contributed by atoms with E-state index in [-0.39, 0.29) is 0 Å². The molecule has 72 valence electrons. The number of aromatic amines is 1. The van der Waals surface area contributed by atoms with Crippen LogP contribution in [0, 0.1) is 6.92 Å². The summed E-state index contributed by atoms with van der Waals surface area (Å²) in [5, 5.41) is 3.81. The molecule has 2 nitrogen and oxygen atoms in total. The average Bonchev–Trinajstić information content (AvgIpc) is 2.56. The second-order valence-corrected chi connectivity index (χ2v) is 4.16. The fourth-order valence-electron chi connectivity index (χ4n) is 2.36. The van der Waals surface area contributed by atoms with Crippen molar-refractivity contribution in [1.82, 2.24) is 4.98 Å². The highest BCUT2D eigenvalue weighted by atomic mass is 14.9. The molecule has 0 radical (unpaired) electrons. The predicted octanol–water partition coefficient (Wildman–Crippen LogP) is 1.10. The fraction of sp³-hybridized carbons (Fsp3) is 0.333. The Balaban J connectivity index is 2.32. The lowest BCUT2D eigenvalue weighted by Crippen LogP contribution is -2.84. The van der Waals surface area contributed by atoms with Crippen LogP contribution in [-0.2, 0) is 13.0 Å². The Bertz CT molecular complexity index is 482. The number of fused-ring (bicyclic) bond motifs is 3. The van der Waals surface area contributed by atoms with Crippen molar-refractivity contribution in [3.63, 3.8) is 0 Å². The van der Waals surface area contributed by atoms with Crippen LogP contribution in [-0.4, -0.2) is 11.5 Å². The molecule has 0 aliphatic carbocycles. The van der Waals surface area contributed by atoms with E-state index in [9.17, 15) is 0 Å². The maximum absolute atomic E-state index is 3.52. The summed E-state index contributed by atoms with van der Waals surface area (Å²) in [5.74, 6) is 0. The van der Waals surface area contributed by atoms with E-state index >= 15 is 0 Å². The first kappa shape index (κ1) is 8.06. The topological polar surface area (TPSA) is 32.4 Å². The van der Waals surface area contributed by atoms with Crippen LogP contribution < -0.4 is 5.32 Å². The molecule has 0 bridgehead atoms. The zero-order valence-electron chi connectivity index (χ0n) is 8.43. The van der Waals surface area contributed by atoms with Gasteiger partial charge in [-0.25, -0.2) is 0 Å². The van der Waals surface area contributed by atoms with Crippen molar-refractivity contribution in [2.45, 2.75) is 19.9 Å². The number of benzene rings is 1. The number of nitrogens with two attached hydrogens (primary N) is 1. The van der Waals surface area contributed by atoms with Crippen LogP contribution in [0.3, 0.4) is 0 Å². The van der Waals surface area contributed by atoms with Gasteiger partial charge < -0.3 is 10.3 Å². The number of hydrogen-bond donors (Lipinski definition) is 2. The molecule has 1 aliphatic heterocycles. The molecule has 2 heterocycles. The van der Waals surface area contributed by atoms with Gasteiger partial charge in [0.1, 0.15) is 6.54 Å². The van der Waals surface area contributed by atoms with Crippen LogP contribution in [0.4, 0.5) is 0 Å². The highest BCUT2D eigenvalue weighted by Gasteiger charge is 2.16. The van der Waals surface area contributed by atoms with Gasteiger partial charge in [0, 0.05) is 28.6 Å². The van der Waals surface area contributed by atoms with Gasteiger partial charge in [-0.05, 0) is 19.1 Å². The number of quaternary nitrogens is 1. The third-order valence-electron chi connectivity index (χ3n) is 3.10. The first-order valence-corrected chi connectivity index (χ1v) is 5.26. The summed E-state index contributed by atoms with van der Waals surface area (Å²) in [5.41, 5.74) is 5.63. The third kappa shape index (κ3) is 1.07. The van der Waals surface area contributed by atoms with Crippen molar-refractivity contribution in [1.29, 1.82) is 0 Å². The molecule has 0 saturated carbocycles. The standard InChI is InChI=1S/C12H14N2/c1-8-2-3-11-9(6-8)10-7-13-5-4-12(10)14-11/h2-3,6,13-14H,4-5,7H2,1H3/p+1. The predicted molar refractivity (Wildman–Crippen MR) is 57.2 cm³/mol.